The molecule has 0 amide bonds. The maximum absolute atomic E-state index is 11.1. The third kappa shape index (κ3) is 0.350. The molecule has 0 aromatic carbocycles. The fourth-order valence-corrected chi connectivity index (χ4v) is 0.441. The van der Waals surface area contributed by atoms with E-state index in [1.807, 2.05) is 0 Å². The van der Waals surface area contributed by atoms with Gasteiger partial charge in [0, 0.05) is 0 Å². The summed E-state index contributed by atoms with van der Waals surface area (Å²) in [6, 6.07) is 0. The van der Waals surface area contributed by atoms with Gasteiger partial charge in [-0.3, -0.25) is 0 Å². The van der Waals surface area contributed by atoms with Crippen molar-refractivity contribution in [3.63, 3.8) is 0 Å². The van der Waals surface area contributed by atoms with Gasteiger partial charge in [0.15, 0.2) is 0 Å². The molecule has 0 aromatic rings. The Balaban J connectivity index is 2.54. The first-order valence-electron chi connectivity index (χ1n) is 1.24. The third-order valence-electron chi connectivity index (χ3n) is 0.465. The van der Waals surface area contributed by atoms with Gasteiger partial charge in [0.1, 0.15) is 0 Å². The van der Waals surface area contributed by atoms with Crippen molar-refractivity contribution in [2.75, 3.05) is 0 Å². The fourth-order valence-electron chi connectivity index (χ4n) is 0.109. The Bertz CT molecular complexity index is 95.4. The van der Waals surface area contributed by atoms with Crippen molar-refractivity contribution >= 4 is 8.23 Å². The van der Waals surface area contributed by atoms with E-state index in [1.54, 1.807) is 0 Å². The highest BCUT2D eigenvalue weighted by Crippen LogP contribution is 2.71. The number of hydrogen-bond acceptors (Lipinski definition) is 0. The normalized spacial score (nSPS) is 22.5. The molecule has 0 bridgehead atoms. The van der Waals surface area contributed by atoms with Crippen LogP contribution in [0.5, 0.6) is 0 Å². The van der Waals surface area contributed by atoms with Gasteiger partial charge < -0.3 is 0 Å². The highest BCUT2D eigenvalue weighted by atomic mass is 31.2. The first kappa shape index (κ1) is 4.13. The van der Waals surface area contributed by atoms with Crippen LogP contribution < -0.4 is 0 Å². The van der Waals surface area contributed by atoms with E-state index in [-0.39, 0.29) is 0 Å². The summed E-state index contributed by atoms with van der Waals surface area (Å²) in [6.07, 6.45) is 0. The van der Waals surface area contributed by atoms with E-state index in [4.69, 9.17) is 0 Å². The summed E-state index contributed by atoms with van der Waals surface area (Å²) in [7, 11) is -2.49. The minimum Gasteiger partial charge on any atom is -0.211 e. The monoisotopic (exact) mass is 112 g/mol. The molecule has 0 aromatic heterocycles. The van der Waals surface area contributed by atoms with Crippen LogP contribution in [0.4, 0.5) is 13.0 Å². The lowest BCUT2D eigenvalue weighted by atomic mass is 11.2. The Labute approximate surface area is 33.5 Å². The summed E-state index contributed by atoms with van der Waals surface area (Å²) in [6.45, 7) is 0. The molecule has 34 valence electrons. The van der Waals surface area contributed by atoms with E-state index in [1.165, 1.54) is 0 Å². The standard InChI is InChI=1S/C2F3P/c3-1-2(4)6(1)5. The molecule has 0 fully saturated rings. The lowest BCUT2D eigenvalue weighted by Crippen LogP contribution is -1.18. The highest BCUT2D eigenvalue weighted by molar-refractivity contribution is 7.68. The minimum atomic E-state index is -2.49. The Morgan fingerprint density at radius 1 is 1.17 bits per heavy atom. The zero-order chi connectivity index (χ0) is 4.73. The Kier molecular flexibility index (Phi) is 0.667. The molecule has 0 N–H and O–H groups in total. The first-order valence-corrected chi connectivity index (χ1v) is 2.48. The van der Waals surface area contributed by atoms with Gasteiger partial charge in [0.25, 0.3) is 0 Å². The van der Waals surface area contributed by atoms with Crippen molar-refractivity contribution in [2.45, 2.75) is 0 Å². The molecule has 1 rings (SSSR count). The molecule has 0 nitrogen and oxygen atoms in total. The van der Waals surface area contributed by atoms with Crippen molar-refractivity contribution in [2.24, 2.45) is 0 Å². The van der Waals surface area contributed by atoms with E-state index in [0.29, 0.717) is 0 Å². The summed E-state index contributed by atoms with van der Waals surface area (Å²) < 4.78 is 33.3. The van der Waals surface area contributed by atoms with E-state index >= 15 is 0 Å². The topological polar surface area (TPSA) is 0 Å². The largest absolute Gasteiger partial charge is 0.211 e. The van der Waals surface area contributed by atoms with Gasteiger partial charge in [0.2, 0.25) is 19.4 Å². The summed E-state index contributed by atoms with van der Waals surface area (Å²) in [4.78, 5) is 0. The molecule has 0 spiro atoms. The maximum atomic E-state index is 11.1. The average Bonchev–Trinajstić information content (AvgIpc) is 1.94. The van der Waals surface area contributed by atoms with E-state index in [9.17, 15) is 13.0 Å². The van der Waals surface area contributed by atoms with Crippen LogP contribution in [0, 0.1) is 0 Å². The van der Waals surface area contributed by atoms with Crippen LogP contribution in [0.1, 0.15) is 0 Å². The van der Waals surface area contributed by atoms with Crippen LogP contribution >= 0.6 is 8.23 Å². The van der Waals surface area contributed by atoms with Crippen LogP contribution in [0.25, 0.3) is 0 Å². The quantitative estimate of drug-likeness (QED) is 0.422. The predicted molar refractivity (Wildman–Crippen MR) is 17.3 cm³/mol. The van der Waals surface area contributed by atoms with Gasteiger partial charge in [-0.25, -0.2) is 4.20 Å². The second kappa shape index (κ2) is 0.969. The summed E-state index contributed by atoms with van der Waals surface area (Å²) in [5, 5.41) is 0. The molecule has 0 radical (unpaired) electrons. The zero-order valence-corrected chi connectivity index (χ0v) is 3.48. The molecule has 6 heavy (non-hydrogen) atoms. The first-order chi connectivity index (χ1) is 2.73. The van der Waals surface area contributed by atoms with Gasteiger partial charge >= 0.3 is 0 Å². The molecular formula is C2F3P. The van der Waals surface area contributed by atoms with Crippen molar-refractivity contribution in [3.8, 4) is 0 Å². The van der Waals surface area contributed by atoms with Gasteiger partial charge in [0.05, 0.1) is 0 Å². The summed E-state index contributed by atoms with van der Waals surface area (Å²) >= 11 is 0. The zero-order valence-electron chi connectivity index (χ0n) is 2.58. The minimum absolute atomic E-state index is 1.18. The molecule has 0 unspecified atom stereocenters. The lowest BCUT2D eigenvalue weighted by Gasteiger charge is -1.61. The van der Waals surface area contributed by atoms with Crippen molar-refractivity contribution < 1.29 is 13.0 Å². The fraction of sp³-hybridized carbons (Fsp3) is 0. The third-order valence-corrected chi connectivity index (χ3v) is 1.32. The lowest BCUT2D eigenvalue weighted by molar-refractivity contribution is 0.645. The molecule has 0 atom stereocenters. The van der Waals surface area contributed by atoms with Crippen LogP contribution in [-0.4, -0.2) is 0 Å². The van der Waals surface area contributed by atoms with Gasteiger partial charge in [-0.05, 0) is 0 Å². The van der Waals surface area contributed by atoms with E-state index in [0.717, 1.165) is 0 Å². The summed E-state index contributed by atoms with van der Waals surface area (Å²) in [5.74, 6) is 0. The molecule has 1 heterocycles. The number of rotatable bonds is 0. The van der Waals surface area contributed by atoms with Gasteiger partial charge in [-0.2, -0.15) is 8.78 Å². The van der Waals surface area contributed by atoms with E-state index < -0.39 is 19.4 Å². The molecule has 0 saturated carbocycles. The van der Waals surface area contributed by atoms with Gasteiger partial charge in [-0.1, -0.05) is 0 Å². The van der Waals surface area contributed by atoms with Crippen molar-refractivity contribution in [3.05, 3.63) is 11.1 Å². The number of hydrogen-bond donors (Lipinski definition) is 0. The average molecular weight is 112 g/mol. The molecule has 0 saturated heterocycles. The van der Waals surface area contributed by atoms with Crippen LogP contribution in [0.3, 0.4) is 0 Å². The van der Waals surface area contributed by atoms with Gasteiger partial charge in [-0.15, -0.1) is 0 Å². The van der Waals surface area contributed by atoms with Crippen LogP contribution in [0.2, 0.25) is 0 Å². The Morgan fingerprint density at radius 2 is 1.33 bits per heavy atom. The van der Waals surface area contributed by atoms with Crippen LogP contribution in [0.15, 0.2) is 11.1 Å². The molecule has 0 aliphatic carbocycles. The Morgan fingerprint density at radius 3 is 1.33 bits per heavy atom. The van der Waals surface area contributed by atoms with Crippen molar-refractivity contribution in [1.82, 2.24) is 0 Å². The predicted octanol–water partition coefficient (Wildman–Crippen LogP) is 2.43. The second-order valence-corrected chi connectivity index (χ2v) is 2.21. The number of halogens is 3. The highest BCUT2D eigenvalue weighted by Gasteiger charge is 2.40. The van der Waals surface area contributed by atoms with Crippen LogP contribution in [-0.2, 0) is 0 Å². The Hall–Kier alpha value is -0.0400. The van der Waals surface area contributed by atoms with E-state index in [2.05, 4.69) is 0 Å². The summed E-state index contributed by atoms with van der Waals surface area (Å²) in [5.41, 5.74) is -2.35. The molecule has 1 aliphatic heterocycles. The smallest absolute Gasteiger partial charge is 0.209 e. The molecule has 4 heteroatoms. The van der Waals surface area contributed by atoms with Crippen molar-refractivity contribution in [1.29, 1.82) is 0 Å². The maximum Gasteiger partial charge on any atom is 0.209 e. The molecule has 1 aliphatic rings. The molecular weight excluding hydrogens is 112 g/mol. The second-order valence-electron chi connectivity index (χ2n) is 0.862. The SMILES string of the molecule is FC1=C(F)P1F.